The maximum absolute atomic E-state index is 12.1. The summed E-state index contributed by atoms with van der Waals surface area (Å²) >= 11 is 0. The summed E-state index contributed by atoms with van der Waals surface area (Å²) in [5.41, 5.74) is 3.20. The predicted octanol–water partition coefficient (Wildman–Crippen LogP) is 3.65. The van der Waals surface area contributed by atoms with Crippen LogP contribution in [0.4, 0.5) is 0 Å². The Labute approximate surface area is 156 Å². The molecule has 2 bridgehead atoms. The average Bonchev–Trinajstić information content (AvgIpc) is 3.41. The minimum Gasteiger partial charge on any atom is -0.349 e. The third kappa shape index (κ3) is 2.13. The molecule has 1 aromatic carbocycles. The lowest BCUT2D eigenvalue weighted by atomic mass is 9.67. The number of carbonyl (C=O) groups is 1. The summed E-state index contributed by atoms with van der Waals surface area (Å²) in [6, 6.07) is 9.23. The third-order valence-corrected chi connectivity index (χ3v) is 8.79. The molecular formula is C23H30N2O. The van der Waals surface area contributed by atoms with Crippen molar-refractivity contribution in [3.63, 3.8) is 0 Å². The van der Waals surface area contributed by atoms with Crippen LogP contribution in [0.5, 0.6) is 0 Å². The lowest BCUT2D eigenvalue weighted by Crippen LogP contribution is -2.46. The number of rotatable bonds is 2. The predicted molar refractivity (Wildman–Crippen MR) is 102 cm³/mol. The van der Waals surface area contributed by atoms with Gasteiger partial charge in [0.2, 0.25) is 5.91 Å². The monoisotopic (exact) mass is 350 g/mol. The lowest BCUT2D eigenvalue weighted by Gasteiger charge is -2.44. The van der Waals surface area contributed by atoms with Crippen LogP contribution in [-0.2, 0) is 10.2 Å². The van der Waals surface area contributed by atoms with Crippen molar-refractivity contribution in [2.24, 2.45) is 23.7 Å². The van der Waals surface area contributed by atoms with Gasteiger partial charge in [0.1, 0.15) is 0 Å². The normalized spacial score (nSPS) is 40.0. The van der Waals surface area contributed by atoms with Crippen LogP contribution in [0.2, 0.25) is 0 Å². The fourth-order valence-corrected chi connectivity index (χ4v) is 7.59. The maximum Gasteiger partial charge on any atom is 0.220 e. The van der Waals surface area contributed by atoms with Crippen LogP contribution in [-0.4, -0.2) is 30.4 Å². The molecule has 0 unspecified atom stereocenters. The Kier molecular flexibility index (Phi) is 3.36. The molecule has 4 fully saturated rings. The van der Waals surface area contributed by atoms with Gasteiger partial charge in [0, 0.05) is 24.3 Å². The van der Waals surface area contributed by atoms with E-state index in [1.54, 1.807) is 5.56 Å². The first kappa shape index (κ1) is 15.7. The summed E-state index contributed by atoms with van der Waals surface area (Å²) in [5.74, 6) is 3.81. The molecular weight excluding hydrogens is 320 g/mol. The van der Waals surface area contributed by atoms with Gasteiger partial charge in [0.05, 0.1) is 6.04 Å². The Morgan fingerprint density at radius 2 is 1.96 bits per heavy atom. The number of amides is 1. The van der Waals surface area contributed by atoms with Crippen molar-refractivity contribution in [3.8, 4) is 0 Å². The molecule has 138 valence electrons. The molecule has 2 saturated heterocycles. The summed E-state index contributed by atoms with van der Waals surface area (Å²) in [6.45, 7) is 3.78. The van der Waals surface area contributed by atoms with E-state index in [0.717, 1.165) is 24.2 Å². The van der Waals surface area contributed by atoms with Gasteiger partial charge >= 0.3 is 0 Å². The Bertz CT molecular complexity index is 735. The van der Waals surface area contributed by atoms with E-state index in [4.69, 9.17) is 0 Å². The minimum absolute atomic E-state index is 0.242. The maximum atomic E-state index is 12.1. The van der Waals surface area contributed by atoms with Gasteiger partial charge < -0.3 is 10.2 Å². The van der Waals surface area contributed by atoms with Gasteiger partial charge in [-0.25, -0.2) is 0 Å². The molecule has 0 aromatic heterocycles. The highest BCUT2D eigenvalue weighted by Gasteiger charge is 2.56. The minimum atomic E-state index is 0.242. The second kappa shape index (κ2) is 5.58. The van der Waals surface area contributed by atoms with Crippen LogP contribution in [0.3, 0.4) is 0 Å². The lowest BCUT2D eigenvalue weighted by molar-refractivity contribution is -0.119. The van der Waals surface area contributed by atoms with E-state index >= 15 is 0 Å². The zero-order valence-corrected chi connectivity index (χ0v) is 15.6. The number of likely N-dealkylation sites (tertiary alicyclic amines) is 1. The van der Waals surface area contributed by atoms with Gasteiger partial charge in [-0.1, -0.05) is 30.7 Å². The Morgan fingerprint density at radius 3 is 2.73 bits per heavy atom. The molecule has 2 saturated carbocycles. The Balaban J connectivity index is 1.22. The first-order valence-corrected chi connectivity index (χ1v) is 10.8. The van der Waals surface area contributed by atoms with Crippen molar-refractivity contribution in [1.82, 2.24) is 10.2 Å². The first-order valence-electron chi connectivity index (χ1n) is 10.8. The van der Waals surface area contributed by atoms with Gasteiger partial charge in [-0.2, -0.15) is 0 Å². The van der Waals surface area contributed by atoms with E-state index in [1.165, 1.54) is 63.7 Å². The summed E-state index contributed by atoms with van der Waals surface area (Å²) in [6.07, 6.45) is 9.22. The quantitative estimate of drug-likeness (QED) is 0.883. The third-order valence-electron chi connectivity index (χ3n) is 8.79. The van der Waals surface area contributed by atoms with E-state index in [-0.39, 0.29) is 17.4 Å². The summed E-state index contributed by atoms with van der Waals surface area (Å²) in [5, 5.41) is 3.28. The van der Waals surface area contributed by atoms with Crippen molar-refractivity contribution in [1.29, 1.82) is 0 Å². The number of nitrogens with one attached hydrogen (secondary N) is 1. The molecule has 5 atom stereocenters. The number of hydrogen-bond acceptors (Lipinski definition) is 2. The smallest absolute Gasteiger partial charge is 0.220 e. The van der Waals surface area contributed by atoms with Gasteiger partial charge in [-0.15, -0.1) is 0 Å². The van der Waals surface area contributed by atoms with E-state index < -0.39 is 0 Å². The summed E-state index contributed by atoms with van der Waals surface area (Å²) < 4.78 is 0. The van der Waals surface area contributed by atoms with Crippen LogP contribution in [0.15, 0.2) is 24.3 Å². The van der Waals surface area contributed by atoms with Crippen LogP contribution in [0.25, 0.3) is 0 Å². The Morgan fingerprint density at radius 1 is 1.12 bits per heavy atom. The number of piperidine rings is 1. The van der Waals surface area contributed by atoms with Crippen LogP contribution < -0.4 is 5.32 Å². The second-order valence-corrected chi connectivity index (χ2v) is 9.83. The van der Waals surface area contributed by atoms with Crippen molar-refractivity contribution in [2.75, 3.05) is 19.6 Å². The molecule has 3 aliphatic carbocycles. The van der Waals surface area contributed by atoms with Crippen LogP contribution in [0, 0.1) is 23.7 Å². The molecule has 5 aliphatic rings. The van der Waals surface area contributed by atoms with E-state index in [0.29, 0.717) is 5.92 Å². The highest BCUT2D eigenvalue weighted by atomic mass is 16.2. The molecule has 1 spiro atoms. The fourth-order valence-electron chi connectivity index (χ4n) is 7.59. The molecule has 1 N–H and O–H groups in total. The van der Waals surface area contributed by atoms with E-state index in [9.17, 15) is 4.79 Å². The zero-order valence-electron chi connectivity index (χ0n) is 15.6. The highest BCUT2D eigenvalue weighted by Crippen LogP contribution is 2.58. The Hall–Kier alpha value is -1.35. The SMILES string of the molecule is O=C1C[C@H]2[C@@H](N1)c1ccccc1C21CCN(C[C@@H]2C[C@H]3CC[C@H]2C3)CC1. The van der Waals surface area contributed by atoms with Crippen LogP contribution >= 0.6 is 0 Å². The standard InChI is InChI=1S/C23H30N2O/c26-21-13-20-22(24-21)18-3-1-2-4-19(18)23(20)7-9-25(10-8-23)14-17-12-15-5-6-16(17)11-15/h1-4,15-17,20,22H,5-14H2,(H,24,26)/t15-,16-,17-,20-,22-/m0/s1. The topological polar surface area (TPSA) is 32.3 Å². The van der Waals surface area contributed by atoms with Gasteiger partial charge in [0.25, 0.3) is 0 Å². The van der Waals surface area contributed by atoms with Gasteiger partial charge in [0.15, 0.2) is 0 Å². The molecule has 6 rings (SSSR count). The van der Waals surface area contributed by atoms with Gasteiger partial charge in [-0.3, -0.25) is 4.79 Å². The van der Waals surface area contributed by atoms with Crippen molar-refractivity contribution in [3.05, 3.63) is 35.4 Å². The number of nitrogens with zero attached hydrogens (tertiary/aromatic N) is 1. The molecule has 26 heavy (non-hydrogen) atoms. The summed E-state index contributed by atoms with van der Waals surface area (Å²) in [4.78, 5) is 14.9. The molecule has 3 nitrogen and oxygen atoms in total. The molecule has 1 amide bonds. The molecule has 3 heteroatoms. The number of carbonyl (C=O) groups excluding carboxylic acids is 1. The number of fused-ring (bicyclic) bond motifs is 7. The second-order valence-electron chi connectivity index (χ2n) is 9.83. The van der Waals surface area contributed by atoms with E-state index in [2.05, 4.69) is 34.5 Å². The molecule has 1 aromatic rings. The van der Waals surface area contributed by atoms with Crippen molar-refractivity contribution < 1.29 is 4.79 Å². The molecule has 2 aliphatic heterocycles. The molecule has 2 heterocycles. The zero-order chi connectivity index (χ0) is 17.3. The summed E-state index contributed by atoms with van der Waals surface area (Å²) in [7, 11) is 0. The van der Waals surface area contributed by atoms with Crippen LogP contribution in [0.1, 0.15) is 62.1 Å². The number of hydrogen-bond donors (Lipinski definition) is 1. The first-order chi connectivity index (χ1) is 12.7. The number of benzene rings is 1. The highest BCUT2D eigenvalue weighted by molar-refractivity contribution is 5.81. The average molecular weight is 351 g/mol. The van der Waals surface area contributed by atoms with E-state index in [1.807, 2.05) is 0 Å². The fraction of sp³-hybridized carbons (Fsp3) is 0.696. The van der Waals surface area contributed by atoms with Crippen molar-refractivity contribution >= 4 is 5.91 Å². The molecule has 0 radical (unpaired) electrons. The van der Waals surface area contributed by atoms with Gasteiger partial charge in [-0.05, 0) is 74.1 Å². The van der Waals surface area contributed by atoms with Crippen molar-refractivity contribution in [2.45, 2.75) is 56.4 Å². The largest absolute Gasteiger partial charge is 0.349 e.